The van der Waals surface area contributed by atoms with Gasteiger partial charge in [-0.2, -0.15) is 26.3 Å². The molecule has 0 bridgehead atoms. The van der Waals surface area contributed by atoms with E-state index in [-0.39, 0.29) is 25.4 Å². The van der Waals surface area contributed by atoms with Crippen molar-refractivity contribution < 1.29 is 35.9 Å². The van der Waals surface area contributed by atoms with E-state index in [0.29, 0.717) is 22.6 Å². The van der Waals surface area contributed by atoms with Crippen LogP contribution in [0.4, 0.5) is 26.3 Å². The smallest absolute Gasteiger partial charge is 0.333 e. The molecule has 0 aliphatic carbocycles. The Bertz CT molecular complexity index is 462. The summed E-state index contributed by atoms with van der Waals surface area (Å²) in [6.07, 6.45) is -9.07. The zero-order valence-corrected chi connectivity index (χ0v) is 11.4. The highest BCUT2D eigenvalue weighted by Crippen LogP contribution is 2.34. The summed E-state index contributed by atoms with van der Waals surface area (Å²) >= 11 is 0. The fourth-order valence-corrected chi connectivity index (χ4v) is 3.14. The largest absolute Gasteiger partial charge is 0.471 e. The first kappa shape index (κ1) is 16.9. The number of halogens is 6. The molecular weight excluding hydrogens is 318 g/mol. The molecule has 2 atom stereocenters. The molecule has 0 unspecified atom stereocenters. The fraction of sp³-hybridized carbons (Fsp3) is 0.833. The molecule has 2 saturated heterocycles. The van der Waals surface area contributed by atoms with Gasteiger partial charge in [-0.3, -0.25) is 9.59 Å². The molecule has 2 fully saturated rings. The van der Waals surface area contributed by atoms with Crippen LogP contribution in [-0.4, -0.2) is 59.6 Å². The molecule has 0 spiro atoms. The number of likely N-dealkylation sites (tertiary alicyclic amines) is 2. The van der Waals surface area contributed by atoms with E-state index >= 15 is 0 Å². The summed E-state index contributed by atoms with van der Waals surface area (Å²) in [6, 6.07) is -1.01. The Morgan fingerprint density at radius 2 is 1.45 bits per heavy atom. The molecule has 2 aliphatic heterocycles. The van der Waals surface area contributed by atoms with Gasteiger partial charge in [-0.05, 0) is 25.2 Å². The molecule has 0 N–H and O–H groups in total. The molecule has 0 aromatic heterocycles. The van der Waals surface area contributed by atoms with Crippen molar-refractivity contribution in [3.8, 4) is 0 Å². The summed E-state index contributed by atoms with van der Waals surface area (Å²) < 4.78 is 75.1. The van der Waals surface area contributed by atoms with E-state index in [1.165, 1.54) is 0 Å². The molecule has 0 aromatic rings. The van der Waals surface area contributed by atoms with Crippen LogP contribution < -0.4 is 0 Å². The van der Waals surface area contributed by atoms with Gasteiger partial charge in [-0.25, -0.2) is 0 Å². The van der Waals surface area contributed by atoms with Gasteiger partial charge in [0.15, 0.2) is 0 Å². The van der Waals surface area contributed by atoms with Gasteiger partial charge in [0.1, 0.15) is 0 Å². The second-order valence-electron chi connectivity index (χ2n) is 5.50. The number of hydrogen-bond donors (Lipinski definition) is 0. The van der Waals surface area contributed by atoms with Crippen LogP contribution in [0.15, 0.2) is 0 Å². The maximum Gasteiger partial charge on any atom is 0.471 e. The highest BCUT2D eigenvalue weighted by atomic mass is 19.4. The second kappa shape index (κ2) is 5.62. The lowest BCUT2D eigenvalue weighted by atomic mass is 9.83. The number of rotatable bonds is 0. The van der Waals surface area contributed by atoms with Crippen molar-refractivity contribution in [1.82, 2.24) is 9.80 Å². The second-order valence-corrected chi connectivity index (χ2v) is 5.50. The average Bonchev–Trinajstić information content (AvgIpc) is 2.42. The molecule has 2 heterocycles. The van der Waals surface area contributed by atoms with Crippen LogP contribution in [0.3, 0.4) is 0 Å². The summed E-state index contributed by atoms with van der Waals surface area (Å²) in [5, 5.41) is 0. The quantitative estimate of drug-likeness (QED) is 0.636. The fourth-order valence-electron chi connectivity index (χ4n) is 3.14. The van der Waals surface area contributed by atoms with E-state index < -0.39 is 36.8 Å². The minimum Gasteiger partial charge on any atom is -0.333 e. The first-order valence-electron chi connectivity index (χ1n) is 6.75. The predicted molar refractivity (Wildman–Crippen MR) is 61.5 cm³/mol. The topological polar surface area (TPSA) is 40.6 Å². The molecule has 0 aromatic carbocycles. The normalized spacial score (nSPS) is 26.6. The summed E-state index contributed by atoms with van der Waals surface area (Å²) in [6.45, 7) is -0.827. The molecular formula is C12H14F6N2O2. The van der Waals surface area contributed by atoms with Gasteiger partial charge in [-0.15, -0.1) is 0 Å². The van der Waals surface area contributed by atoms with Crippen molar-refractivity contribution in [2.24, 2.45) is 5.92 Å². The van der Waals surface area contributed by atoms with E-state index in [1.807, 2.05) is 0 Å². The maximum atomic E-state index is 12.6. The Labute approximate surface area is 122 Å². The van der Waals surface area contributed by atoms with Crippen molar-refractivity contribution in [3.05, 3.63) is 0 Å². The third kappa shape index (κ3) is 3.30. The van der Waals surface area contributed by atoms with Crippen LogP contribution in [0.5, 0.6) is 0 Å². The summed E-state index contributed by atoms with van der Waals surface area (Å²) in [5.41, 5.74) is 0. The number of carbonyl (C=O) groups excluding carboxylic acids is 2. The Balaban J connectivity index is 2.16. The Morgan fingerprint density at radius 1 is 0.864 bits per heavy atom. The highest BCUT2D eigenvalue weighted by Gasteiger charge is 2.50. The average molecular weight is 332 g/mol. The van der Waals surface area contributed by atoms with Crippen molar-refractivity contribution in [3.63, 3.8) is 0 Å². The van der Waals surface area contributed by atoms with E-state index in [0.717, 1.165) is 0 Å². The van der Waals surface area contributed by atoms with Gasteiger partial charge in [0.2, 0.25) is 0 Å². The zero-order valence-electron chi connectivity index (χ0n) is 11.4. The number of hydrogen-bond acceptors (Lipinski definition) is 2. The summed E-state index contributed by atoms with van der Waals surface area (Å²) in [5.74, 6) is -4.43. The Morgan fingerprint density at radius 3 is 2.00 bits per heavy atom. The number of piperidine rings is 2. The monoisotopic (exact) mass is 332 g/mol. The molecule has 10 heteroatoms. The van der Waals surface area contributed by atoms with Crippen LogP contribution in [0, 0.1) is 5.92 Å². The number of alkyl halides is 6. The molecule has 22 heavy (non-hydrogen) atoms. The minimum absolute atomic E-state index is 0.159. The molecule has 2 aliphatic rings. The van der Waals surface area contributed by atoms with Crippen LogP contribution in [0.25, 0.3) is 0 Å². The Hall–Kier alpha value is -1.48. The predicted octanol–water partition coefficient (Wildman–Crippen LogP) is 1.95. The third-order valence-electron chi connectivity index (χ3n) is 4.13. The number of fused-ring (bicyclic) bond motifs is 1. The first-order valence-corrected chi connectivity index (χ1v) is 6.75. The molecule has 2 amide bonds. The number of amides is 2. The molecule has 4 nitrogen and oxygen atoms in total. The van der Waals surface area contributed by atoms with Crippen molar-refractivity contribution in [1.29, 1.82) is 0 Å². The van der Waals surface area contributed by atoms with Gasteiger partial charge in [-0.1, -0.05) is 0 Å². The maximum absolute atomic E-state index is 12.6. The van der Waals surface area contributed by atoms with Gasteiger partial charge >= 0.3 is 24.2 Å². The minimum atomic E-state index is -5.07. The molecule has 126 valence electrons. The lowest BCUT2D eigenvalue weighted by Crippen LogP contribution is -2.61. The zero-order chi connectivity index (χ0) is 16.7. The van der Waals surface area contributed by atoms with E-state index in [4.69, 9.17) is 0 Å². The van der Waals surface area contributed by atoms with Gasteiger partial charge < -0.3 is 9.80 Å². The molecule has 0 saturated carbocycles. The lowest BCUT2D eigenvalue weighted by molar-refractivity contribution is -0.197. The highest BCUT2D eigenvalue weighted by molar-refractivity contribution is 5.83. The molecule has 2 rings (SSSR count). The van der Waals surface area contributed by atoms with Gasteiger partial charge in [0.05, 0.1) is 6.04 Å². The van der Waals surface area contributed by atoms with Crippen molar-refractivity contribution in [2.45, 2.75) is 37.7 Å². The van der Waals surface area contributed by atoms with Crippen LogP contribution in [-0.2, 0) is 9.59 Å². The van der Waals surface area contributed by atoms with Crippen LogP contribution in [0.2, 0.25) is 0 Å². The molecule has 0 radical (unpaired) electrons. The third-order valence-corrected chi connectivity index (χ3v) is 4.13. The first-order chi connectivity index (χ1) is 10.0. The van der Waals surface area contributed by atoms with Gasteiger partial charge in [0, 0.05) is 19.6 Å². The standard InChI is InChI=1S/C12H14F6N2O2/c13-11(14,15)9(21)19-5-3-7-2-1-4-20(8(7)6-19)10(22)12(16,17)18/h7-8H,1-6H2/t7-,8+/m0/s1. The number of carbonyl (C=O) groups is 2. The van der Waals surface area contributed by atoms with Gasteiger partial charge in [0.25, 0.3) is 0 Å². The van der Waals surface area contributed by atoms with Crippen molar-refractivity contribution in [2.75, 3.05) is 19.6 Å². The lowest BCUT2D eigenvalue weighted by Gasteiger charge is -2.47. The number of nitrogens with zero attached hydrogens (tertiary/aromatic N) is 2. The van der Waals surface area contributed by atoms with E-state index in [9.17, 15) is 35.9 Å². The SMILES string of the molecule is O=C(N1CC[C@@H]2CCCN(C(=O)C(F)(F)F)[C@@H]2C1)C(F)(F)F. The van der Waals surface area contributed by atoms with E-state index in [2.05, 4.69) is 0 Å². The summed E-state index contributed by atoms with van der Waals surface area (Å²) in [4.78, 5) is 23.7. The van der Waals surface area contributed by atoms with Crippen LogP contribution in [0.1, 0.15) is 19.3 Å². The van der Waals surface area contributed by atoms with E-state index in [1.54, 1.807) is 0 Å². The van der Waals surface area contributed by atoms with Crippen LogP contribution >= 0.6 is 0 Å². The Kier molecular flexibility index (Phi) is 4.31. The summed E-state index contributed by atoms with van der Waals surface area (Å²) in [7, 11) is 0. The van der Waals surface area contributed by atoms with Crippen molar-refractivity contribution >= 4 is 11.8 Å².